The molecule has 0 saturated heterocycles. The summed E-state index contributed by atoms with van der Waals surface area (Å²) in [7, 11) is 2.85. The van der Waals surface area contributed by atoms with Crippen LogP contribution in [0.3, 0.4) is 0 Å². The number of carbonyl (C=O) groups excluding carboxylic acids is 2. The molecular formula is C12H9BrO4. The first kappa shape index (κ1) is 11.9. The Bertz CT molecular complexity index is 546. The molecule has 1 aromatic carbocycles. The minimum absolute atomic E-state index is 0.0480. The lowest BCUT2D eigenvalue weighted by Gasteiger charge is -2.15. The number of hydrogen-bond donors (Lipinski definition) is 0. The summed E-state index contributed by atoms with van der Waals surface area (Å²) in [6.45, 7) is 0. The number of allylic oxidation sites excluding steroid dienone is 2. The minimum Gasteiger partial charge on any atom is -0.496 e. The highest BCUT2D eigenvalue weighted by molar-refractivity contribution is 9.10. The smallest absolute Gasteiger partial charge is 0.228 e. The van der Waals surface area contributed by atoms with Crippen molar-refractivity contribution in [2.45, 2.75) is 0 Å². The molecule has 0 atom stereocenters. The number of fused-ring (bicyclic) bond motifs is 1. The number of ketones is 2. The fraction of sp³-hybridized carbons (Fsp3) is 0.167. The maximum absolute atomic E-state index is 12.0. The van der Waals surface area contributed by atoms with Gasteiger partial charge in [-0.15, -0.1) is 0 Å². The average molecular weight is 297 g/mol. The highest BCUT2D eigenvalue weighted by Gasteiger charge is 2.27. The van der Waals surface area contributed by atoms with E-state index in [1.165, 1.54) is 26.4 Å². The summed E-state index contributed by atoms with van der Waals surface area (Å²) in [5.41, 5.74) is 0.651. The molecule has 1 aliphatic rings. The molecule has 0 fully saturated rings. The van der Waals surface area contributed by atoms with Crippen molar-refractivity contribution < 1.29 is 19.1 Å². The zero-order valence-electron chi connectivity index (χ0n) is 9.24. The van der Waals surface area contributed by atoms with Gasteiger partial charge in [-0.25, -0.2) is 0 Å². The largest absolute Gasteiger partial charge is 0.496 e. The van der Waals surface area contributed by atoms with Crippen molar-refractivity contribution in [3.8, 4) is 5.75 Å². The van der Waals surface area contributed by atoms with E-state index in [1.54, 1.807) is 6.07 Å². The van der Waals surface area contributed by atoms with Crippen LogP contribution in [0.2, 0.25) is 0 Å². The number of hydrogen-bond acceptors (Lipinski definition) is 4. The monoisotopic (exact) mass is 296 g/mol. The van der Waals surface area contributed by atoms with E-state index in [0.29, 0.717) is 21.3 Å². The van der Waals surface area contributed by atoms with Gasteiger partial charge in [-0.05, 0) is 28.1 Å². The van der Waals surface area contributed by atoms with Crippen LogP contribution in [0.4, 0.5) is 0 Å². The molecule has 0 heterocycles. The van der Waals surface area contributed by atoms with Gasteiger partial charge in [0.25, 0.3) is 0 Å². The summed E-state index contributed by atoms with van der Waals surface area (Å²) < 4.78 is 10.6. The van der Waals surface area contributed by atoms with Crippen LogP contribution in [0, 0.1) is 0 Å². The zero-order chi connectivity index (χ0) is 12.6. The van der Waals surface area contributed by atoms with Crippen LogP contribution in [-0.2, 0) is 4.74 Å². The second-order valence-corrected chi connectivity index (χ2v) is 4.29. The van der Waals surface area contributed by atoms with Crippen molar-refractivity contribution in [2.75, 3.05) is 14.2 Å². The molecule has 0 spiro atoms. The van der Waals surface area contributed by atoms with Crippen molar-refractivity contribution in [3.05, 3.63) is 39.6 Å². The minimum atomic E-state index is -0.312. The summed E-state index contributed by atoms with van der Waals surface area (Å²) in [5, 5.41) is 0. The molecule has 4 nitrogen and oxygen atoms in total. The summed E-state index contributed by atoms with van der Waals surface area (Å²) in [6, 6.07) is 3.11. The Hall–Kier alpha value is -1.62. The van der Waals surface area contributed by atoms with Crippen molar-refractivity contribution in [2.24, 2.45) is 0 Å². The van der Waals surface area contributed by atoms with E-state index in [1.807, 2.05) is 0 Å². The van der Waals surface area contributed by atoms with Gasteiger partial charge in [-0.2, -0.15) is 0 Å². The molecule has 17 heavy (non-hydrogen) atoms. The van der Waals surface area contributed by atoms with Crippen LogP contribution < -0.4 is 4.74 Å². The second kappa shape index (κ2) is 4.33. The maximum Gasteiger partial charge on any atom is 0.228 e. The molecule has 0 aliphatic heterocycles. The Balaban J connectivity index is 2.64. The van der Waals surface area contributed by atoms with E-state index in [0.717, 1.165) is 0 Å². The van der Waals surface area contributed by atoms with Gasteiger partial charge in [0.2, 0.25) is 5.78 Å². The van der Waals surface area contributed by atoms with E-state index < -0.39 is 0 Å². The standard InChI is InChI=1S/C12H9BrO4/c1-16-10-4-7-6(3-8(10)13)9(14)5-11(17-2)12(7)15/h3-5H,1-2H3. The number of methoxy groups -OCH3 is 2. The lowest BCUT2D eigenvalue weighted by Crippen LogP contribution is -2.18. The van der Waals surface area contributed by atoms with Crippen LogP contribution in [0.15, 0.2) is 28.4 Å². The van der Waals surface area contributed by atoms with Gasteiger partial charge in [-0.1, -0.05) is 0 Å². The highest BCUT2D eigenvalue weighted by atomic mass is 79.9. The first-order chi connectivity index (χ1) is 8.08. The number of halogens is 1. The molecule has 2 rings (SSSR count). The lowest BCUT2D eigenvalue weighted by molar-refractivity contribution is 0.0916. The van der Waals surface area contributed by atoms with Crippen LogP contribution in [-0.4, -0.2) is 25.8 Å². The molecule has 0 N–H and O–H groups in total. The van der Waals surface area contributed by atoms with E-state index in [4.69, 9.17) is 9.47 Å². The molecule has 0 bridgehead atoms. The Kier molecular flexibility index (Phi) is 3.02. The Morgan fingerprint density at radius 2 is 1.76 bits per heavy atom. The van der Waals surface area contributed by atoms with Gasteiger partial charge >= 0.3 is 0 Å². The van der Waals surface area contributed by atoms with E-state index >= 15 is 0 Å². The van der Waals surface area contributed by atoms with Crippen LogP contribution >= 0.6 is 15.9 Å². The summed E-state index contributed by atoms with van der Waals surface area (Å²) in [5.74, 6) is -0.0122. The molecule has 1 aromatic rings. The van der Waals surface area contributed by atoms with Crippen LogP contribution in [0.1, 0.15) is 20.7 Å². The Morgan fingerprint density at radius 3 is 2.35 bits per heavy atom. The SMILES string of the molecule is COC1=CC(=O)c2cc(Br)c(OC)cc2C1=O. The van der Waals surface area contributed by atoms with Crippen LogP contribution in [0.25, 0.3) is 0 Å². The number of rotatable bonds is 2. The van der Waals surface area contributed by atoms with Gasteiger partial charge in [0.1, 0.15) is 5.75 Å². The normalized spacial score (nSPS) is 14.2. The molecule has 0 radical (unpaired) electrons. The summed E-state index contributed by atoms with van der Waals surface area (Å²) >= 11 is 3.27. The third kappa shape index (κ3) is 1.86. The van der Waals surface area contributed by atoms with Crippen molar-refractivity contribution in [1.29, 1.82) is 0 Å². The predicted molar refractivity (Wildman–Crippen MR) is 64.4 cm³/mol. The van der Waals surface area contributed by atoms with Crippen molar-refractivity contribution >= 4 is 27.5 Å². The molecule has 0 amide bonds. The third-order valence-electron chi connectivity index (χ3n) is 2.51. The molecule has 0 aromatic heterocycles. The van der Waals surface area contributed by atoms with Gasteiger partial charge in [0.15, 0.2) is 11.5 Å². The van der Waals surface area contributed by atoms with E-state index in [-0.39, 0.29) is 17.3 Å². The Morgan fingerprint density at radius 1 is 1.06 bits per heavy atom. The first-order valence-electron chi connectivity index (χ1n) is 4.80. The average Bonchev–Trinajstić information content (AvgIpc) is 2.33. The fourth-order valence-electron chi connectivity index (χ4n) is 1.65. The van der Waals surface area contributed by atoms with Gasteiger partial charge in [-0.3, -0.25) is 9.59 Å². The molecule has 5 heteroatoms. The summed E-state index contributed by atoms with van der Waals surface area (Å²) in [4.78, 5) is 23.7. The quantitative estimate of drug-likeness (QED) is 0.841. The molecule has 0 unspecified atom stereocenters. The van der Waals surface area contributed by atoms with Gasteiger partial charge in [0, 0.05) is 17.2 Å². The highest BCUT2D eigenvalue weighted by Crippen LogP contribution is 2.32. The number of carbonyl (C=O) groups is 2. The van der Waals surface area contributed by atoms with Gasteiger partial charge in [0.05, 0.1) is 18.7 Å². The fourth-order valence-corrected chi connectivity index (χ4v) is 2.15. The molecular weight excluding hydrogens is 288 g/mol. The molecule has 1 aliphatic carbocycles. The van der Waals surface area contributed by atoms with Crippen LogP contribution in [0.5, 0.6) is 5.75 Å². The second-order valence-electron chi connectivity index (χ2n) is 3.44. The topological polar surface area (TPSA) is 52.6 Å². The van der Waals surface area contributed by atoms with E-state index in [2.05, 4.69) is 15.9 Å². The number of ether oxygens (including phenoxy) is 2. The van der Waals surface area contributed by atoms with Crippen molar-refractivity contribution in [1.82, 2.24) is 0 Å². The first-order valence-corrected chi connectivity index (χ1v) is 5.60. The molecule has 88 valence electrons. The summed E-state index contributed by atoms with van der Waals surface area (Å²) in [6.07, 6.45) is 1.20. The van der Waals surface area contributed by atoms with Gasteiger partial charge < -0.3 is 9.47 Å². The lowest BCUT2D eigenvalue weighted by atomic mass is 9.93. The maximum atomic E-state index is 12.0. The number of Topliss-reactive ketones (excluding diaryl/α,β-unsaturated/α-hetero) is 1. The van der Waals surface area contributed by atoms with Crippen molar-refractivity contribution in [3.63, 3.8) is 0 Å². The van der Waals surface area contributed by atoms with E-state index in [9.17, 15) is 9.59 Å². The third-order valence-corrected chi connectivity index (χ3v) is 3.13. The predicted octanol–water partition coefficient (Wildman–Crippen LogP) is 2.37. The zero-order valence-corrected chi connectivity index (χ0v) is 10.8. The number of benzene rings is 1. The molecule has 0 saturated carbocycles. The Labute approximate surface area is 106 Å².